The number of hydrogen-bond donors (Lipinski definition) is 0. The highest BCUT2D eigenvalue weighted by Crippen LogP contribution is 2.28. The van der Waals surface area contributed by atoms with Gasteiger partial charge in [0.15, 0.2) is 0 Å². The molecule has 0 radical (unpaired) electrons. The molecule has 0 aromatic carbocycles. The van der Waals surface area contributed by atoms with Crippen molar-refractivity contribution in [2.24, 2.45) is 0 Å². The van der Waals surface area contributed by atoms with Crippen molar-refractivity contribution in [2.75, 3.05) is 7.05 Å². The number of aromatic nitrogens is 1. The van der Waals surface area contributed by atoms with Gasteiger partial charge in [-0.3, -0.25) is 4.79 Å². The lowest BCUT2D eigenvalue weighted by Gasteiger charge is -2.16. The molecule has 1 aromatic rings. The van der Waals surface area contributed by atoms with Crippen LogP contribution >= 0.6 is 34.2 Å². The van der Waals surface area contributed by atoms with E-state index in [9.17, 15) is 4.79 Å². The number of halogens is 2. The number of amides is 1. The number of carbonyl (C=O) groups is 1. The average molecular weight is 337 g/mol. The minimum absolute atomic E-state index is 0.0338. The van der Waals surface area contributed by atoms with Crippen molar-refractivity contribution in [1.29, 1.82) is 0 Å². The summed E-state index contributed by atoms with van der Waals surface area (Å²) in [5.41, 5.74) is 0.498. The van der Waals surface area contributed by atoms with Gasteiger partial charge >= 0.3 is 0 Å². The van der Waals surface area contributed by atoms with E-state index in [-0.39, 0.29) is 11.1 Å². The van der Waals surface area contributed by atoms with Crippen LogP contribution in [0.15, 0.2) is 12.3 Å². The molecule has 80 valence electrons. The van der Waals surface area contributed by atoms with Crippen LogP contribution in [0, 0.1) is 3.57 Å². The number of hydrogen-bond acceptors (Lipinski definition) is 2. The second-order valence-corrected chi connectivity index (χ2v) is 5.24. The molecule has 1 fully saturated rings. The molecule has 2 rings (SSSR count). The molecule has 0 bridgehead atoms. The van der Waals surface area contributed by atoms with Gasteiger partial charge in [0.05, 0.1) is 5.56 Å². The predicted molar refractivity (Wildman–Crippen MR) is 67.1 cm³/mol. The summed E-state index contributed by atoms with van der Waals surface area (Å²) in [5, 5.41) is 0.285. The molecule has 0 saturated heterocycles. The summed E-state index contributed by atoms with van der Waals surface area (Å²) in [6, 6.07) is 2.17. The largest absolute Gasteiger partial charge is 0.339 e. The van der Waals surface area contributed by atoms with Crippen molar-refractivity contribution in [1.82, 2.24) is 9.88 Å². The number of carbonyl (C=O) groups excluding carboxylic acids is 1. The van der Waals surface area contributed by atoms with Crippen molar-refractivity contribution in [2.45, 2.75) is 18.9 Å². The lowest BCUT2D eigenvalue weighted by molar-refractivity contribution is 0.0785. The summed E-state index contributed by atoms with van der Waals surface area (Å²) in [4.78, 5) is 17.7. The van der Waals surface area contributed by atoms with E-state index in [4.69, 9.17) is 11.6 Å². The zero-order valence-corrected chi connectivity index (χ0v) is 11.1. The minimum Gasteiger partial charge on any atom is -0.339 e. The van der Waals surface area contributed by atoms with Crippen LogP contribution in [-0.4, -0.2) is 28.9 Å². The summed E-state index contributed by atoms with van der Waals surface area (Å²) in [7, 11) is 1.82. The summed E-state index contributed by atoms with van der Waals surface area (Å²) in [6.45, 7) is 0. The van der Waals surface area contributed by atoms with E-state index in [0.29, 0.717) is 11.6 Å². The van der Waals surface area contributed by atoms with Gasteiger partial charge in [-0.2, -0.15) is 0 Å². The molecule has 1 saturated carbocycles. The van der Waals surface area contributed by atoms with Crippen LogP contribution in [0.25, 0.3) is 0 Å². The Hall–Kier alpha value is -0.360. The first-order valence-corrected chi connectivity index (χ1v) is 6.13. The van der Waals surface area contributed by atoms with Crippen molar-refractivity contribution in [3.63, 3.8) is 0 Å². The van der Waals surface area contributed by atoms with Gasteiger partial charge < -0.3 is 4.90 Å². The fraction of sp³-hybridized carbons (Fsp3) is 0.400. The van der Waals surface area contributed by atoms with Crippen LogP contribution in [0.3, 0.4) is 0 Å². The minimum atomic E-state index is -0.0338. The third-order valence-corrected chi connectivity index (χ3v) is 3.34. The molecule has 0 aliphatic heterocycles. The Bertz CT molecular complexity index is 406. The SMILES string of the molecule is CN(C(=O)c1cc(I)cnc1Cl)C1CC1. The maximum absolute atomic E-state index is 12.0. The predicted octanol–water partition coefficient (Wildman–Crippen LogP) is 2.57. The lowest BCUT2D eigenvalue weighted by atomic mass is 10.2. The molecule has 0 N–H and O–H groups in total. The molecular formula is C10H10ClIN2O. The van der Waals surface area contributed by atoms with E-state index in [1.165, 1.54) is 0 Å². The number of rotatable bonds is 2. The van der Waals surface area contributed by atoms with Gasteiger partial charge in [0, 0.05) is 22.9 Å². The second-order valence-electron chi connectivity index (χ2n) is 3.64. The summed E-state index contributed by atoms with van der Waals surface area (Å²) in [5.74, 6) is -0.0338. The van der Waals surface area contributed by atoms with Gasteiger partial charge in [-0.25, -0.2) is 4.98 Å². The third kappa shape index (κ3) is 2.42. The monoisotopic (exact) mass is 336 g/mol. The smallest absolute Gasteiger partial charge is 0.257 e. The first-order valence-electron chi connectivity index (χ1n) is 4.68. The van der Waals surface area contributed by atoms with E-state index >= 15 is 0 Å². The van der Waals surface area contributed by atoms with Crippen LogP contribution in [-0.2, 0) is 0 Å². The highest BCUT2D eigenvalue weighted by atomic mass is 127. The maximum Gasteiger partial charge on any atom is 0.257 e. The quantitative estimate of drug-likeness (QED) is 0.614. The zero-order chi connectivity index (χ0) is 11.0. The van der Waals surface area contributed by atoms with Gasteiger partial charge in [-0.1, -0.05) is 11.6 Å². The molecular weight excluding hydrogens is 326 g/mol. The van der Waals surface area contributed by atoms with Crippen molar-refractivity contribution in [3.8, 4) is 0 Å². The van der Waals surface area contributed by atoms with Crippen LogP contribution in [0.4, 0.5) is 0 Å². The summed E-state index contributed by atoms with van der Waals surface area (Å²) in [6.07, 6.45) is 3.84. The Morgan fingerprint density at radius 2 is 2.33 bits per heavy atom. The average Bonchev–Trinajstić information content (AvgIpc) is 3.03. The second kappa shape index (κ2) is 4.25. The van der Waals surface area contributed by atoms with E-state index < -0.39 is 0 Å². The van der Waals surface area contributed by atoms with E-state index in [1.807, 2.05) is 7.05 Å². The Labute approximate surface area is 107 Å². The van der Waals surface area contributed by atoms with Gasteiger partial charge in [-0.15, -0.1) is 0 Å². The molecule has 5 heteroatoms. The number of nitrogens with zero attached hydrogens (tertiary/aromatic N) is 2. The maximum atomic E-state index is 12.0. The van der Waals surface area contributed by atoms with Crippen LogP contribution in [0.1, 0.15) is 23.2 Å². The molecule has 1 amide bonds. The Kier molecular flexibility index (Phi) is 3.16. The molecule has 1 heterocycles. The highest BCUT2D eigenvalue weighted by Gasteiger charge is 2.31. The molecule has 0 atom stereocenters. The summed E-state index contributed by atoms with van der Waals surface area (Å²) < 4.78 is 0.921. The van der Waals surface area contributed by atoms with Gasteiger partial charge in [0.25, 0.3) is 5.91 Å². The lowest BCUT2D eigenvalue weighted by Crippen LogP contribution is -2.29. The molecule has 0 spiro atoms. The van der Waals surface area contributed by atoms with E-state index in [1.54, 1.807) is 17.2 Å². The molecule has 1 aliphatic carbocycles. The zero-order valence-electron chi connectivity index (χ0n) is 8.20. The Balaban J connectivity index is 2.27. The standard InChI is InChI=1S/C10H10ClIN2O/c1-14(7-2-3-7)10(15)8-4-6(12)5-13-9(8)11/h4-5,7H,2-3H2,1H3. The van der Waals surface area contributed by atoms with Crippen LogP contribution in [0.5, 0.6) is 0 Å². The van der Waals surface area contributed by atoms with Crippen molar-refractivity contribution >= 4 is 40.1 Å². The van der Waals surface area contributed by atoms with Crippen LogP contribution in [0.2, 0.25) is 5.15 Å². The topological polar surface area (TPSA) is 33.2 Å². The Morgan fingerprint density at radius 1 is 1.67 bits per heavy atom. The van der Waals surface area contributed by atoms with Crippen molar-refractivity contribution < 1.29 is 4.79 Å². The highest BCUT2D eigenvalue weighted by molar-refractivity contribution is 14.1. The Morgan fingerprint density at radius 3 is 2.93 bits per heavy atom. The summed E-state index contributed by atoms with van der Waals surface area (Å²) >= 11 is 8.02. The first-order chi connectivity index (χ1) is 7.09. The number of pyridine rings is 1. The molecule has 3 nitrogen and oxygen atoms in total. The fourth-order valence-electron chi connectivity index (χ4n) is 1.39. The van der Waals surface area contributed by atoms with Gasteiger partial charge in [0.1, 0.15) is 5.15 Å². The molecule has 0 unspecified atom stereocenters. The molecule has 1 aliphatic rings. The van der Waals surface area contributed by atoms with Crippen LogP contribution < -0.4 is 0 Å². The third-order valence-electron chi connectivity index (χ3n) is 2.45. The first kappa shape index (κ1) is 11.1. The van der Waals surface area contributed by atoms with Gasteiger partial charge in [-0.05, 0) is 41.5 Å². The van der Waals surface area contributed by atoms with Gasteiger partial charge in [0.2, 0.25) is 0 Å². The van der Waals surface area contributed by atoms with E-state index in [2.05, 4.69) is 27.6 Å². The molecule has 1 aromatic heterocycles. The van der Waals surface area contributed by atoms with Crippen molar-refractivity contribution in [3.05, 3.63) is 26.5 Å². The normalized spacial score (nSPS) is 15.1. The fourth-order valence-corrected chi connectivity index (χ4v) is 2.03. The van der Waals surface area contributed by atoms with E-state index in [0.717, 1.165) is 16.4 Å². The molecule has 15 heavy (non-hydrogen) atoms.